The largest absolute Gasteiger partial charge is 0.0636 e. The van der Waals surface area contributed by atoms with Gasteiger partial charge in [-0.1, -0.05) is 139 Å². The lowest BCUT2D eigenvalue weighted by Gasteiger charge is -2.18. The molecule has 8 aromatic carbocycles. The van der Waals surface area contributed by atoms with Crippen LogP contribution in [0.2, 0.25) is 0 Å². The van der Waals surface area contributed by atoms with Crippen molar-refractivity contribution in [2.45, 2.75) is 0 Å². The highest BCUT2D eigenvalue weighted by Gasteiger charge is 2.17. The predicted molar refractivity (Wildman–Crippen MR) is 173 cm³/mol. The van der Waals surface area contributed by atoms with E-state index in [0.29, 0.717) is 5.56 Å². The molecule has 0 nitrogen and oxygen atoms in total. The average Bonchev–Trinajstić information content (AvgIpc) is 3.19. The lowest BCUT2D eigenvalue weighted by atomic mass is 9.85. The smallest absolute Gasteiger partial charge is 0.0616 e. The van der Waals surface area contributed by atoms with Crippen LogP contribution in [0.1, 0.15) is 20.6 Å². The summed E-state index contributed by atoms with van der Waals surface area (Å²) in [6, 6.07) is 11.4. The van der Waals surface area contributed by atoms with Crippen LogP contribution in [-0.2, 0) is 0 Å². The lowest BCUT2D eigenvalue weighted by Crippen LogP contribution is -1.91. The second-order valence-electron chi connectivity index (χ2n) is 9.39. The molecule has 40 heavy (non-hydrogen) atoms. The van der Waals surface area contributed by atoms with Crippen molar-refractivity contribution in [3.05, 3.63) is 157 Å². The molecule has 0 amide bonds. The molecule has 0 spiro atoms. The van der Waals surface area contributed by atoms with Crippen molar-refractivity contribution in [2.75, 3.05) is 0 Å². The van der Waals surface area contributed by atoms with Crippen LogP contribution in [0.15, 0.2) is 157 Å². The molecular formula is C40H26. The van der Waals surface area contributed by atoms with Gasteiger partial charge >= 0.3 is 0 Å². The highest BCUT2D eigenvalue weighted by Crippen LogP contribution is 2.44. The van der Waals surface area contributed by atoms with Gasteiger partial charge in [0.05, 0.1) is 20.6 Å². The second-order valence-corrected chi connectivity index (χ2v) is 9.39. The molecule has 186 valence electrons. The summed E-state index contributed by atoms with van der Waals surface area (Å²) < 4.78 is 132. The van der Waals surface area contributed by atoms with Gasteiger partial charge in [-0.15, -0.1) is 0 Å². The van der Waals surface area contributed by atoms with Crippen molar-refractivity contribution in [1.82, 2.24) is 0 Å². The highest BCUT2D eigenvalue weighted by molar-refractivity contribution is 6.21. The second kappa shape index (κ2) is 9.22. The van der Waals surface area contributed by atoms with E-state index in [2.05, 4.69) is 0 Å². The van der Waals surface area contributed by atoms with Gasteiger partial charge in [0, 0.05) is 0 Å². The zero-order chi connectivity index (χ0) is 39.5. The van der Waals surface area contributed by atoms with Crippen LogP contribution >= 0.6 is 0 Å². The molecule has 0 aliphatic heterocycles. The van der Waals surface area contributed by atoms with Gasteiger partial charge < -0.3 is 0 Å². The topological polar surface area (TPSA) is 0 Å². The fraction of sp³-hybridized carbons (Fsp3) is 0. The first-order chi connectivity index (χ1) is 26.1. The summed E-state index contributed by atoms with van der Waals surface area (Å²) in [4.78, 5) is 0. The molecule has 0 aliphatic carbocycles. The van der Waals surface area contributed by atoms with Gasteiger partial charge in [0.2, 0.25) is 0 Å². The third-order valence-corrected chi connectivity index (χ3v) is 7.10. The summed E-state index contributed by atoms with van der Waals surface area (Å²) in [5, 5.41) is 1.18. The lowest BCUT2D eigenvalue weighted by molar-refractivity contribution is 1.63. The summed E-state index contributed by atoms with van der Waals surface area (Å²) in [5.74, 6) is 0. The van der Waals surface area contributed by atoms with Crippen molar-refractivity contribution in [2.24, 2.45) is 0 Å². The summed E-state index contributed by atoms with van der Waals surface area (Å²) in [7, 11) is 0. The van der Waals surface area contributed by atoms with Crippen LogP contribution in [0.4, 0.5) is 0 Å². The third kappa shape index (κ3) is 3.69. The van der Waals surface area contributed by atoms with E-state index in [0.717, 1.165) is 10.8 Å². The van der Waals surface area contributed by atoms with Gasteiger partial charge in [0.25, 0.3) is 0 Å². The van der Waals surface area contributed by atoms with Gasteiger partial charge in [-0.05, 0) is 94.6 Å². The molecule has 0 saturated heterocycles. The Kier molecular flexibility index (Phi) is 2.84. The molecule has 0 heteroatoms. The van der Waals surface area contributed by atoms with Crippen LogP contribution in [0.3, 0.4) is 0 Å². The van der Waals surface area contributed by atoms with Crippen molar-refractivity contribution in [3.8, 4) is 33.4 Å². The maximum absolute atomic E-state index is 9.25. The van der Waals surface area contributed by atoms with Gasteiger partial charge in [-0.2, -0.15) is 0 Å². The summed E-state index contributed by atoms with van der Waals surface area (Å²) in [6.45, 7) is 0. The van der Waals surface area contributed by atoms with Crippen LogP contribution in [0.25, 0.3) is 76.5 Å². The molecule has 8 rings (SSSR count). The summed E-state index contributed by atoms with van der Waals surface area (Å²) in [6.07, 6.45) is 0. The van der Waals surface area contributed by atoms with E-state index in [4.69, 9.17) is 15.1 Å². The van der Waals surface area contributed by atoms with Gasteiger partial charge in [-0.3, -0.25) is 0 Å². The van der Waals surface area contributed by atoms with Crippen LogP contribution in [-0.4, -0.2) is 0 Å². The number of hydrogen-bond donors (Lipinski definition) is 0. The van der Waals surface area contributed by atoms with Crippen molar-refractivity contribution < 1.29 is 20.6 Å². The Morgan fingerprint density at radius 3 is 1.62 bits per heavy atom. The van der Waals surface area contributed by atoms with E-state index >= 15 is 0 Å². The van der Waals surface area contributed by atoms with E-state index < -0.39 is 90.6 Å². The normalized spacial score (nSPS) is 16.8. The fourth-order valence-corrected chi connectivity index (χ4v) is 5.30. The first-order valence-corrected chi connectivity index (χ1v) is 12.6. The van der Waals surface area contributed by atoms with Crippen LogP contribution in [0.5, 0.6) is 0 Å². The zero-order valence-corrected chi connectivity index (χ0v) is 20.9. The molecule has 0 aromatic heterocycles. The first kappa shape index (κ1) is 12.3. The Hall–Kier alpha value is -5.20. The molecule has 0 unspecified atom stereocenters. The number of benzene rings is 8. The van der Waals surface area contributed by atoms with Gasteiger partial charge in [0.15, 0.2) is 0 Å². The van der Waals surface area contributed by atoms with Crippen LogP contribution < -0.4 is 0 Å². The third-order valence-electron chi connectivity index (χ3n) is 7.10. The van der Waals surface area contributed by atoms with Gasteiger partial charge in [-0.25, -0.2) is 0 Å². The van der Waals surface area contributed by atoms with Crippen LogP contribution in [0, 0.1) is 0 Å². The highest BCUT2D eigenvalue weighted by atomic mass is 14.2. The Morgan fingerprint density at radius 2 is 0.925 bits per heavy atom. The Labute approximate surface area is 254 Å². The summed E-state index contributed by atoms with van der Waals surface area (Å²) >= 11 is 0. The average molecular weight is 522 g/mol. The van der Waals surface area contributed by atoms with E-state index in [1.54, 1.807) is 18.2 Å². The van der Waals surface area contributed by atoms with E-state index in [1.807, 2.05) is 36.4 Å². The Bertz CT molecular complexity index is 2960. The molecule has 0 radical (unpaired) electrons. The monoisotopic (exact) mass is 521 g/mol. The standard InChI is InChI=1S/C40H26/c1-3-12-29-24-32(22-20-27(29)10-1)31-14-9-15-33(26-31)39-35-16-5-7-18-37(35)40(38-19-8-6-17-36(38)39)34-23-21-28-11-2-4-13-30(28)25-34/h1-26H/i1D,3D,5D,6D,7D,8D,10D,12D,16D,17D,18D,19D,20D,22D,24D. The minimum Gasteiger partial charge on any atom is -0.0616 e. The number of hydrogen-bond acceptors (Lipinski definition) is 0. The molecule has 0 heterocycles. The first-order valence-electron chi connectivity index (χ1n) is 20.1. The molecule has 0 fully saturated rings. The molecule has 0 atom stereocenters. The minimum atomic E-state index is -0.601. The van der Waals surface area contributed by atoms with Gasteiger partial charge in [0.1, 0.15) is 0 Å². The quantitative estimate of drug-likeness (QED) is 0.203. The van der Waals surface area contributed by atoms with E-state index in [9.17, 15) is 5.48 Å². The maximum atomic E-state index is 9.25. The van der Waals surface area contributed by atoms with Crippen molar-refractivity contribution >= 4 is 43.1 Å². The SMILES string of the molecule is [2H]c1c([2H])c([2H])c2c([2H])c(-c3cccc(-c4c5c([2H])c([2H])c([2H])c([2H])c5c(-c5ccc6ccccc6c5)c5c([2H])c([2H])c([2H])c([2H])c45)c3)c([2H])c([2H])c2c1[2H]. The van der Waals surface area contributed by atoms with Crippen molar-refractivity contribution in [3.63, 3.8) is 0 Å². The molecule has 0 saturated carbocycles. The Balaban J connectivity index is 1.57. The zero-order valence-electron chi connectivity index (χ0n) is 35.9. The fourth-order valence-electron chi connectivity index (χ4n) is 5.30. The van der Waals surface area contributed by atoms with E-state index in [1.165, 1.54) is 12.1 Å². The number of fused-ring (bicyclic) bond motifs is 4. The van der Waals surface area contributed by atoms with Crippen molar-refractivity contribution in [1.29, 1.82) is 0 Å². The minimum absolute atomic E-state index is 0.0187. The number of rotatable bonds is 3. The molecular weight excluding hydrogens is 480 g/mol. The summed E-state index contributed by atoms with van der Waals surface area (Å²) in [5.41, 5.74) is 0.964. The maximum Gasteiger partial charge on any atom is 0.0636 e. The molecule has 0 aliphatic rings. The van der Waals surface area contributed by atoms with E-state index in [-0.39, 0.29) is 60.1 Å². The predicted octanol–water partition coefficient (Wildman–Crippen LogP) is 11.3. The molecule has 0 bridgehead atoms. The molecule has 8 aromatic rings. The molecule has 0 N–H and O–H groups in total. The Morgan fingerprint density at radius 1 is 0.350 bits per heavy atom.